The topological polar surface area (TPSA) is 0 Å². The average molecular weight is 237 g/mol. The normalized spacial score (nSPS) is 11.0. The van der Waals surface area contributed by atoms with Gasteiger partial charge in [0.2, 0.25) is 0 Å². The Hall–Kier alpha value is -0.740. The molecule has 0 atom stereocenters. The lowest BCUT2D eigenvalue weighted by molar-refractivity contribution is 0.698. The first-order chi connectivity index (χ1) is 5.97. The molecule has 0 fully saturated rings. The van der Waals surface area contributed by atoms with Crippen LogP contribution in [0.4, 0.5) is 0 Å². The molecule has 0 aromatic heterocycles. The van der Waals surface area contributed by atoms with E-state index in [1.807, 2.05) is 6.07 Å². The van der Waals surface area contributed by atoms with Gasteiger partial charge in [-0.2, -0.15) is 0 Å². The number of terminal acetylenes is 1. The van der Waals surface area contributed by atoms with E-state index in [1.165, 1.54) is 11.1 Å². The van der Waals surface area contributed by atoms with Gasteiger partial charge in [0.1, 0.15) is 0 Å². The molecular formula is C12H13Br. The Morgan fingerprint density at radius 3 is 2.46 bits per heavy atom. The molecule has 1 rings (SSSR count). The van der Waals surface area contributed by atoms with Crippen molar-refractivity contribution in [2.45, 2.75) is 26.2 Å². The Bertz CT molecular complexity index is 356. The molecule has 0 aliphatic carbocycles. The first-order valence-corrected chi connectivity index (χ1v) is 5.01. The van der Waals surface area contributed by atoms with Gasteiger partial charge in [0.15, 0.2) is 0 Å². The third-order valence-corrected chi connectivity index (χ3v) is 3.13. The second-order valence-corrected chi connectivity index (χ2v) is 4.59. The van der Waals surface area contributed by atoms with Gasteiger partial charge < -0.3 is 0 Å². The Kier molecular flexibility index (Phi) is 2.83. The summed E-state index contributed by atoms with van der Waals surface area (Å²) in [5.74, 6) is 2.79. The van der Waals surface area contributed by atoms with Gasteiger partial charge in [-0.3, -0.25) is 0 Å². The average Bonchev–Trinajstić information content (AvgIpc) is 2.09. The SMILES string of the molecule is C#CC(C)(C)c1ccc(Br)c(C)c1. The van der Waals surface area contributed by atoms with Gasteiger partial charge in [-0.1, -0.05) is 34.0 Å². The van der Waals surface area contributed by atoms with Crippen molar-refractivity contribution >= 4 is 15.9 Å². The quantitative estimate of drug-likeness (QED) is 0.654. The number of hydrogen-bond donors (Lipinski definition) is 0. The number of aryl methyl sites for hydroxylation is 1. The van der Waals surface area contributed by atoms with E-state index in [-0.39, 0.29) is 5.41 Å². The Balaban J connectivity index is 3.20. The highest BCUT2D eigenvalue weighted by Gasteiger charge is 2.17. The van der Waals surface area contributed by atoms with E-state index < -0.39 is 0 Å². The Labute approximate surface area is 88.5 Å². The summed E-state index contributed by atoms with van der Waals surface area (Å²) in [4.78, 5) is 0. The molecule has 0 nitrogen and oxygen atoms in total. The maximum atomic E-state index is 5.46. The van der Waals surface area contributed by atoms with Gasteiger partial charge in [-0.05, 0) is 38.0 Å². The minimum atomic E-state index is -0.175. The van der Waals surface area contributed by atoms with Crippen molar-refractivity contribution in [2.24, 2.45) is 0 Å². The predicted octanol–water partition coefficient (Wildman–Crippen LogP) is 3.67. The molecule has 0 saturated heterocycles. The minimum Gasteiger partial charge on any atom is -0.119 e. The van der Waals surface area contributed by atoms with Crippen molar-refractivity contribution in [2.75, 3.05) is 0 Å². The summed E-state index contributed by atoms with van der Waals surface area (Å²) in [5.41, 5.74) is 2.24. The highest BCUT2D eigenvalue weighted by molar-refractivity contribution is 9.10. The fraction of sp³-hybridized carbons (Fsp3) is 0.333. The van der Waals surface area contributed by atoms with E-state index in [0.717, 1.165) is 4.47 Å². The van der Waals surface area contributed by atoms with E-state index in [2.05, 4.69) is 54.8 Å². The van der Waals surface area contributed by atoms with Crippen LogP contribution in [0.5, 0.6) is 0 Å². The van der Waals surface area contributed by atoms with Crippen molar-refractivity contribution < 1.29 is 0 Å². The van der Waals surface area contributed by atoms with E-state index in [0.29, 0.717) is 0 Å². The van der Waals surface area contributed by atoms with Crippen LogP contribution in [0, 0.1) is 19.3 Å². The minimum absolute atomic E-state index is 0.175. The molecular weight excluding hydrogens is 224 g/mol. The largest absolute Gasteiger partial charge is 0.119 e. The smallest absolute Gasteiger partial charge is 0.0504 e. The molecule has 0 amide bonds. The van der Waals surface area contributed by atoms with Gasteiger partial charge in [-0.25, -0.2) is 0 Å². The van der Waals surface area contributed by atoms with Gasteiger partial charge in [0, 0.05) is 4.47 Å². The molecule has 13 heavy (non-hydrogen) atoms. The van der Waals surface area contributed by atoms with Crippen molar-refractivity contribution in [3.8, 4) is 12.3 Å². The number of halogens is 1. The summed E-state index contributed by atoms with van der Waals surface area (Å²) in [6, 6.07) is 6.24. The summed E-state index contributed by atoms with van der Waals surface area (Å²) < 4.78 is 1.13. The number of rotatable bonds is 1. The number of benzene rings is 1. The second kappa shape index (κ2) is 3.55. The number of hydrogen-bond acceptors (Lipinski definition) is 0. The predicted molar refractivity (Wildman–Crippen MR) is 60.7 cm³/mol. The highest BCUT2D eigenvalue weighted by Crippen LogP contribution is 2.26. The lowest BCUT2D eigenvalue weighted by Crippen LogP contribution is -2.13. The van der Waals surface area contributed by atoms with Crippen molar-refractivity contribution in [3.63, 3.8) is 0 Å². The third kappa shape index (κ3) is 2.14. The zero-order chi connectivity index (χ0) is 10.1. The summed E-state index contributed by atoms with van der Waals surface area (Å²) in [5, 5.41) is 0. The first-order valence-electron chi connectivity index (χ1n) is 4.22. The molecule has 0 saturated carbocycles. The van der Waals surface area contributed by atoms with Crippen LogP contribution in [0.3, 0.4) is 0 Å². The lowest BCUT2D eigenvalue weighted by Gasteiger charge is -2.18. The maximum absolute atomic E-state index is 5.46. The summed E-state index contributed by atoms with van der Waals surface area (Å²) in [6.07, 6.45) is 5.46. The standard InChI is InChI=1S/C12H13Br/c1-5-12(3,4)10-6-7-11(13)9(2)8-10/h1,6-8H,2-4H3. The zero-order valence-electron chi connectivity index (χ0n) is 8.19. The van der Waals surface area contributed by atoms with E-state index in [9.17, 15) is 0 Å². The van der Waals surface area contributed by atoms with Crippen LogP contribution < -0.4 is 0 Å². The summed E-state index contributed by atoms with van der Waals surface area (Å²) >= 11 is 3.47. The van der Waals surface area contributed by atoms with Crippen LogP contribution in [0.2, 0.25) is 0 Å². The molecule has 1 aromatic rings. The second-order valence-electron chi connectivity index (χ2n) is 3.73. The van der Waals surface area contributed by atoms with Crippen molar-refractivity contribution in [1.82, 2.24) is 0 Å². The zero-order valence-corrected chi connectivity index (χ0v) is 9.77. The fourth-order valence-electron chi connectivity index (χ4n) is 1.12. The molecule has 0 unspecified atom stereocenters. The molecule has 0 aliphatic rings. The summed E-state index contributed by atoms with van der Waals surface area (Å²) in [6.45, 7) is 6.17. The van der Waals surface area contributed by atoms with Crippen LogP contribution in [-0.2, 0) is 5.41 Å². The van der Waals surface area contributed by atoms with Gasteiger partial charge in [-0.15, -0.1) is 6.42 Å². The molecule has 1 heteroatoms. The monoisotopic (exact) mass is 236 g/mol. The molecule has 1 aromatic carbocycles. The van der Waals surface area contributed by atoms with Crippen LogP contribution in [0.25, 0.3) is 0 Å². The van der Waals surface area contributed by atoms with E-state index >= 15 is 0 Å². The van der Waals surface area contributed by atoms with Gasteiger partial charge >= 0.3 is 0 Å². The van der Waals surface area contributed by atoms with Crippen molar-refractivity contribution in [3.05, 3.63) is 33.8 Å². The maximum Gasteiger partial charge on any atom is 0.0504 e. The van der Waals surface area contributed by atoms with Crippen LogP contribution in [0.1, 0.15) is 25.0 Å². The molecule has 0 bridgehead atoms. The van der Waals surface area contributed by atoms with Crippen LogP contribution in [-0.4, -0.2) is 0 Å². The Morgan fingerprint density at radius 2 is 2.00 bits per heavy atom. The molecule has 0 spiro atoms. The molecule has 0 N–H and O–H groups in total. The molecule has 0 heterocycles. The van der Waals surface area contributed by atoms with Gasteiger partial charge in [0.05, 0.1) is 5.41 Å². The Morgan fingerprint density at radius 1 is 1.38 bits per heavy atom. The molecule has 68 valence electrons. The van der Waals surface area contributed by atoms with E-state index in [4.69, 9.17) is 6.42 Å². The first kappa shape index (κ1) is 10.3. The van der Waals surface area contributed by atoms with Crippen LogP contribution >= 0.6 is 15.9 Å². The molecule has 0 aliphatic heterocycles. The van der Waals surface area contributed by atoms with E-state index in [1.54, 1.807) is 0 Å². The van der Waals surface area contributed by atoms with Crippen molar-refractivity contribution in [1.29, 1.82) is 0 Å². The third-order valence-electron chi connectivity index (χ3n) is 2.24. The summed E-state index contributed by atoms with van der Waals surface area (Å²) in [7, 11) is 0. The highest BCUT2D eigenvalue weighted by atomic mass is 79.9. The van der Waals surface area contributed by atoms with Gasteiger partial charge in [0.25, 0.3) is 0 Å². The fourth-order valence-corrected chi connectivity index (χ4v) is 1.36. The van der Waals surface area contributed by atoms with Crippen LogP contribution in [0.15, 0.2) is 22.7 Å². The molecule has 0 radical (unpaired) electrons. The lowest BCUT2D eigenvalue weighted by atomic mass is 9.85.